The second-order valence-electron chi connectivity index (χ2n) is 5.52. The third-order valence-corrected chi connectivity index (χ3v) is 3.96. The van der Waals surface area contributed by atoms with Crippen LogP contribution in [0.5, 0.6) is 0 Å². The van der Waals surface area contributed by atoms with Crippen LogP contribution in [0.25, 0.3) is 10.9 Å². The Hall–Kier alpha value is -2.89. The van der Waals surface area contributed by atoms with Gasteiger partial charge in [0.15, 0.2) is 0 Å². The van der Waals surface area contributed by atoms with Gasteiger partial charge in [-0.25, -0.2) is 4.99 Å². The molecular formula is C16H16N6. The van der Waals surface area contributed by atoms with Crippen molar-refractivity contribution in [1.82, 2.24) is 10.2 Å². The molecule has 1 aliphatic carbocycles. The number of guanidine groups is 1. The number of nitrogens with one attached hydrogen (secondary N) is 2. The van der Waals surface area contributed by atoms with Gasteiger partial charge >= 0.3 is 0 Å². The Morgan fingerprint density at radius 3 is 3.18 bits per heavy atom. The first kappa shape index (κ1) is 12.8. The van der Waals surface area contributed by atoms with Crippen LogP contribution in [0.1, 0.15) is 6.92 Å². The number of fused-ring (bicyclic) bond motifs is 2. The zero-order chi connectivity index (χ0) is 15.1. The highest BCUT2D eigenvalue weighted by atomic mass is 15.2. The standard InChI is InChI=1S/C16H16N6/c1-9-3-2-4-10-7-18-16(21-15(9)10)20-11-5-13(17)12-8-19-22-14(12)6-11/h2-6,8,10H,7,17H2,1H3,(H,18,20)(H,19,22). The van der Waals surface area contributed by atoms with Gasteiger partial charge in [0.2, 0.25) is 5.96 Å². The van der Waals surface area contributed by atoms with Gasteiger partial charge in [-0.2, -0.15) is 5.10 Å². The highest BCUT2D eigenvalue weighted by Crippen LogP contribution is 2.25. The van der Waals surface area contributed by atoms with E-state index in [-0.39, 0.29) is 5.92 Å². The number of H-pyrrole nitrogens is 1. The van der Waals surface area contributed by atoms with E-state index in [0.29, 0.717) is 18.2 Å². The fourth-order valence-electron chi connectivity index (χ4n) is 2.80. The van der Waals surface area contributed by atoms with Crippen molar-refractivity contribution in [3.8, 4) is 0 Å². The minimum Gasteiger partial charge on any atom is -0.398 e. The van der Waals surface area contributed by atoms with Gasteiger partial charge in [0.1, 0.15) is 0 Å². The Morgan fingerprint density at radius 1 is 1.36 bits per heavy atom. The molecule has 0 spiro atoms. The Kier molecular flexibility index (Phi) is 2.82. The number of hydrogen-bond acceptors (Lipinski definition) is 5. The summed E-state index contributed by atoms with van der Waals surface area (Å²) in [4.78, 5) is 9.16. The van der Waals surface area contributed by atoms with E-state index in [1.165, 1.54) is 5.57 Å². The van der Waals surface area contributed by atoms with Crippen LogP contribution in [-0.2, 0) is 0 Å². The summed E-state index contributed by atoms with van der Waals surface area (Å²) in [5, 5.41) is 11.1. The maximum atomic E-state index is 6.04. The highest BCUT2D eigenvalue weighted by molar-refractivity contribution is 6.13. The monoisotopic (exact) mass is 292 g/mol. The normalized spacial score (nSPS) is 20.2. The van der Waals surface area contributed by atoms with Crippen molar-refractivity contribution in [2.75, 3.05) is 17.6 Å². The highest BCUT2D eigenvalue weighted by Gasteiger charge is 2.21. The molecule has 1 aromatic heterocycles. The molecule has 0 amide bonds. The fraction of sp³-hybridized carbons (Fsp3) is 0.188. The molecule has 1 unspecified atom stereocenters. The van der Waals surface area contributed by atoms with Crippen LogP contribution >= 0.6 is 0 Å². The summed E-state index contributed by atoms with van der Waals surface area (Å²) in [6, 6.07) is 3.83. The van der Waals surface area contributed by atoms with E-state index in [2.05, 4.69) is 50.7 Å². The van der Waals surface area contributed by atoms with Crippen LogP contribution < -0.4 is 11.1 Å². The van der Waals surface area contributed by atoms with Crippen molar-refractivity contribution in [1.29, 1.82) is 0 Å². The van der Waals surface area contributed by atoms with Crippen LogP contribution in [0.4, 0.5) is 11.4 Å². The molecule has 0 bridgehead atoms. The molecule has 6 heteroatoms. The van der Waals surface area contributed by atoms with Crippen LogP contribution in [-0.4, -0.2) is 28.4 Å². The van der Waals surface area contributed by atoms with Crippen molar-refractivity contribution < 1.29 is 0 Å². The van der Waals surface area contributed by atoms with E-state index in [4.69, 9.17) is 5.73 Å². The van der Waals surface area contributed by atoms with Crippen LogP contribution in [0.15, 0.2) is 52.1 Å². The quantitative estimate of drug-likeness (QED) is 0.705. The number of anilines is 2. The summed E-state index contributed by atoms with van der Waals surface area (Å²) in [5.41, 5.74) is 10.7. The van der Waals surface area contributed by atoms with E-state index in [0.717, 1.165) is 22.3 Å². The lowest BCUT2D eigenvalue weighted by Gasteiger charge is -2.22. The molecule has 0 saturated carbocycles. The molecule has 0 fully saturated rings. The third kappa shape index (κ3) is 2.09. The number of aromatic nitrogens is 2. The van der Waals surface area contributed by atoms with Crippen molar-refractivity contribution in [3.63, 3.8) is 0 Å². The van der Waals surface area contributed by atoms with E-state index >= 15 is 0 Å². The Morgan fingerprint density at radius 2 is 2.27 bits per heavy atom. The average Bonchev–Trinajstić information content (AvgIpc) is 2.97. The third-order valence-electron chi connectivity index (χ3n) is 3.96. The van der Waals surface area contributed by atoms with E-state index in [9.17, 15) is 0 Å². The first-order valence-electron chi connectivity index (χ1n) is 7.19. The second-order valence-corrected chi connectivity index (χ2v) is 5.52. The second kappa shape index (κ2) is 4.84. The molecule has 110 valence electrons. The lowest BCUT2D eigenvalue weighted by Crippen LogP contribution is -2.27. The number of aliphatic imine (C=N–C) groups is 2. The van der Waals surface area contributed by atoms with Gasteiger partial charge in [0.25, 0.3) is 0 Å². The number of hydrogen-bond donors (Lipinski definition) is 3. The molecular weight excluding hydrogens is 276 g/mol. The van der Waals surface area contributed by atoms with Crippen LogP contribution in [0.3, 0.4) is 0 Å². The zero-order valence-corrected chi connectivity index (χ0v) is 12.2. The number of rotatable bonds is 1. The maximum Gasteiger partial charge on any atom is 0.222 e. The minimum absolute atomic E-state index is 0.288. The Labute approximate surface area is 127 Å². The maximum absolute atomic E-state index is 6.04. The van der Waals surface area contributed by atoms with Crippen molar-refractivity contribution in [3.05, 3.63) is 42.1 Å². The zero-order valence-electron chi connectivity index (χ0n) is 12.2. The molecule has 2 aromatic rings. The summed E-state index contributed by atoms with van der Waals surface area (Å²) in [7, 11) is 0. The molecule has 1 atom stereocenters. The summed E-state index contributed by atoms with van der Waals surface area (Å²) >= 11 is 0. The average molecular weight is 292 g/mol. The number of benzene rings is 1. The molecule has 1 aliphatic heterocycles. The van der Waals surface area contributed by atoms with Crippen molar-refractivity contribution in [2.24, 2.45) is 15.9 Å². The molecule has 22 heavy (non-hydrogen) atoms. The van der Waals surface area contributed by atoms with Crippen molar-refractivity contribution >= 4 is 33.9 Å². The first-order chi connectivity index (χ1) is 10.7. The largest absolute Gasteiger partial charge is 0.398 e. The summed E-state index contributed by atoms with van der Waals surface area (Å²) < 4.78 is 0. The van der Waals surface area contributed by atoms with Gasteiger partial charge in [-0.05, 0) is 24.6 Å². The van der Waals surface area contributed by atoms with Gasteiger partial charge in [-0.1, -0.05) is 18.2 Å². The van der Waals surface area contributed by atoms with Gasteiger partial charge in [0, 0.05) is 22.7 Å². The topological polar surface area (TPSA) is 91.5 Å². The Balaban J connectivity index is 1.64. The Bertz CT molecular complexity index is 868. The lowest BCUT2D eigenvalue weighted by atomic mass is 9.92. The molecule has 4 N–H and O–H groups in total. The number of nitrogens with two attached hydrogens (primary N) is 1. The summed E-state index contributed by atoms with van der Waals surface area (Å²) in [6.45, 7) is 2.79. The summed E-state index contributed by atoms with van der Waals surface area (Å²) in [6.07, 6.45) is 8.01. The molecule has 1 aromatic carbocycles. The first-order valence-corrected chi connectivity index (χ1v) is 7.19. The molecule has 0 saturated heterocycles. The number of aromatic amines is 1. The molecule has 0 radical (unpaired) electrons. The molecule has 2 heterocycles. The molecule has 2 aliphatic rings. The van der Waals surface area contributed by atoms with Gasteiger partial charge in [-0.15, -0.1) is 0 Å². The van der Waals surface area contributed by atoms with Crippen LogP contribution in [0, 0.1) is 5.92 Å². The smallest absolute Gasteiger partial charge is 0.222 e. The van der Waals surface area contributed by atoms with E-state index in [1.807, 2.05) is 12.1 Å². The fourth-order valence-corrected chi connectivity index (χ4v) is 2.80. The van der Waals surface area contributed by atoms with Crippen molar-refractivity contribution in [2.45, 2.75) is 6.92 Å². The van der Waals surface area contributed by atoms with Gasteiger partial charge in [0.05, 0.1) is 24.0 Å². The van der Waals surface area contributed by atoms with Gasteiger partial charge in [-0.3, -0.25) is 10.1 Å². The van der Waals surface area contributed by atoms with Gasteiger partial charge < -0.3 is 11.1 Å². The lowest BCUT2D eigenvalue weighted by molar-refractivity contribution is 0.840. The number of nitrogens with zero attached hydrogens (tertiary/aromatic N) is 3. The predicted molar refractivity (Wildman–Crippen MR) is 90.3 cm³/mol. The molecule has 4 rings (SSSR count). The van der Waals surface area contributed by atoms with E-state index < -0.39 is 0 Å². The van der Waals surface area contributed by atoms with E-state index in [1.54, 1.807) is 6.20 Å². The van der Waals surface area contributed by atoms with Crippen LogP contribution in [0.2, 0.25) is 0 Å². The SMILES string of the molecule is CC1=CC=CC2CN=C(Nc3cc(N)c4cn[nH]c4c3)N=C12. The summed E-state index contributed by atoms with van der Waals surface area (Å²) in [5.74, 6) is 0.906. The predicted octanol–water partition coefficient (Wildman–Crippen LogP) is 2.50. The molecule has 6 nitrogen and oxygen atoms in total. The number of allylic oxidation sites excluding steroid dienone is 3. The number of nitrogen functional groups attached to an aromatic ring is 1. The minimum atomic E-state index is 0.288.